The van der Waals surface area contributed by atoms with Gasteiger partial charge in [0.05, 0.1) is 0 Å². The third-order valence-corrected chi connectivity index (χ3v) is 4.49. The number of carboxylic acids is 1. The van der Waals surface area contributed by atoms with Crippen molar-refractivity contribution in [1.82, 2.24) is 4.57 Å². The first-order valence-corrected chi connectivity index (χ1v) is 7.33. The maximum atomic E-state index is 11.7. The van der Waals surface area contributed by atoms with Crippen LogP contribution in [-0.2, 0) is 6.54 Å². The molecule has 0 aliphatic carbocycles. The van der Waals surface area contributed by atoms with Crippen molar-refractivity contribution in [3.8, 4) is 0 Å². The zero-order valence-electron chi connectivity index (χ0n) is 11.4. The SMILES string of the molecule is Cc1cc(=O)c(C(=O)O)cn1Cc1csc2ccccc12. The molecule has 106 valence electrons. The van der Waals surface area contributed by atoms with Crippen LogP contribution in [0.2, 0.25) is 0 Å². The summed E-state index contributed by atoms with van der Waals surface area (Å²) in [6, 6.07) is 9.47. The number of rotatable bonds is 3. The lowest BCUT2D eigenvalue weighted by atomic mass is 10.1. The third-order valence-electron chi connectivity index (χ3n) is 3.48. The summed E-state index contributed by atoms with van der Waals surface area (Å²) in [7, 11) is 0. The van der Waals surface area contributed by atoms with Gasteiger partial charge in [0.1, 0.15) is 5.56 Å². The fraction of sp³-hybridized carbons (Fsp3) is 0.125. The summed E-state index contributed by atoms with van der Waals surface area (Å²) in [4.78, 5) is 22.7. The van der Waals surface area contributed by atoms with Crippen LogP contribution in [0.25, 0.3) is 10.1 Å². The van der Waals surface area contributed by atoms with Crippen LogP contribution in [-0.4, -0.2) is 15.6 Å². The Hall–Kier alpha value is -2.40. The second-order valence-electron chi connectivity index (χ2n) is 4.88. The summed E-state index contributed by atoms with van der Waals surface area (Å²) >= 11 is 1.66. The fourth-order valence-electron chi connectivity index (χ4n) is 2.34. The normalized spacial score (nSPS) is 10.9. The van der Waals surface area contributed by atoms with Crippen LogP contribution in [0.1, 0.15) is 21.6 Å². The lowest BCUT2D eigenvalue weighted by molar-refractivity contribution is 0.0694. The number of pyridine rings is 1. The van der Waals surface area contributed by atoms with Crippen LogP contribution in [0.15, 0.2) is 46.7 Å². The van der Waals surface area contributed by atoms with E-state index < -0.39 is 11.4 Å². The quantitative estimate of drug-likeness (QED) is 0.808. The molecule has 21 heavy (non-hydrogen) atoms. The maximum Gasteiger partial charge on any atom is 0.341 e. The van der Waals surface area contributed by atoms with E-state index in [0.29, 0.717) is 6.54 Å². The van der Waals surface area contributed by atoms with E-state index in [1.807, 2.05) is 19.1 Å². The lowest BCUT2D eigenvalue weighted by Gasteiger charge is -2.11. The minimum absolute atomic E-state index is 0.194. The molecule has 0 aliphatic heterocycles. The van der Waals surface area contributed by atoms with E-state index in [1.165, 1.54) is 17.0 Å². The number of carboxylic acid groups (broad SMARTS) is 1. The summed E-state index contributed by atoms with van der Waals surface area (Å²) in [6.45, 7) is 2.36. The van der Waals surface area contributed by atoms with E-state index in [4.69, 9.17) is 5.11 Å². The van der Waals surface area contributed by atoms with Gasteiger partial charge in [-0.3, -0.25) is 4.79 Å². The molecule has 5 heteroatoms. The van der Waals surface area contributed by atoms with Crippen LogP contribution in [0.5, 0.6) is 0 Å². The zero-order valence-corrected chi connectivity index (χ0v) is 12.2. The highest BCUT2D eigenvalue weighted by molar-refractivity contribution is 7.17. The van der Waals surface area contributed by atoms with Gasteiger partial charge in [-0.05, 0) is 29.3 Å². The molecule has 1 N–H and O–H groups in total. The summed E-state index contributed by atoms with van der Waals surface area (Å²) in [6.07, 6.45) is 1.42. The molecule has 0 radical (unpaired) electrons. The zero-order chi connectivity index (χ0) is 15.0. The lowest BCUT2D eigenvalue weighted by Crippen LogP contribution is -2.19. The molecule has 0 atom stereocenters. The Labute approximate surface area is 124 Å². The summed E-state index contributed by atoms with van der Waals surface area (Å²) in [5.74, 6) is -1.19. The monoisotopic (exact) mass is 299 g/mol. The predicted octanol–water partition coefficient (Wildman–Crippen LogP) is 3.12. The molecular weight excluding hydrogens is 286 g/mol. The van der Waals surface area contributed by atoms with Gasteiger partial charge in [0, 0.05) is 29.2 Å². The Bertz CT molecular complexity index is 892. The first kappa shape index (κ1) is 13.6. The van der Waals surface area contributed by atoms with Crippen molar-refractivity contribution < 1.29 is 9.90 Å². The molecule has 4 nitrogen and oxygen atoms in total. The molecule has 0 bridgehead atoms. The predicted molar refractivity (Wildman–Crippen MR) is 83.3 cm³/mol. The van der Waals surface area contributed by atoms with E-state index in [0.717, 1.165) is 16.6 Å². The highest BCUT2D eigenvalue weighted by Crippen LogP contribution is 2.26. The average Bonchev–Trinajstić information content (AvgIpc) is 2.85. The Morgan fingerprint density at radius 3 is 2.86 bits per heavy atom. The first-order valence-electron chi connectivity index (χ1n) is 6.46. The van der Waals surface area contributed by atoms with Gasteiger partial charge in [0.25, 0.3) is 0 Å². The van der Waals surface area contributed by atoms with Gasteiger partial charge in [-0.15, -0.1) is 11.3 Å². The summed E-state index contributed by atoms with van der Waals surface area (Å²) in [5, 5.41) is 12.3. The molecule has 0 fully saturated rings. The minimum Gasteiger partial charge on any atom is -0.477 e. The number of hydrogen-bond donors (Lipinski definition) is 1. The molecule has 2 heterocycles. The van der Waals surface area contributed by atoms with E-state index in [1.54, 1.807) is 15.9 Å². The van der Waals surface area contributed by atoms with Crippen molar-refractivity contribution in [3.63, 3.8) is 0 Å². The average molecular weight is 299 g/mol. The number of hydrogen-bond acceptors (Lipinski definition) is 3. The third kappa shape index (κ3) is 2.48. The van der Waals surface area contributed by atoms with Gasteiger partial charge in [-0.2, -0.15) is 0 Å². The number of aromatic carboxylic acids is 1. The highest BCUT2D eigenvalue weighted by Gasteiger charge is 2.12. The van der Waals surface area contributed by atoms with E-state index in [9.17, 15) is 9.59 Å². The van der Waals surface area contributed by atoms with E-state index >= 15 is 0 Å². The van der Waals surface area contributed by atoms with Crippen molar-refractivity contribution in [2.45, 2.75) is 13.5 Å². The van der Waals surface area contributed by atoms with Crippen LogP contribution < -0.4 is 5.43 Å². The van der Waals surface area contributed by atoms with Gasteiger partial charge in [-0.25, -0.2) is 4.79 Å². The fourth-order valence-corrected chi connectivity index (χ4v) is 3.30. The molecule has 1 aromatic carbocycles. The molecule has 0 amide bonds. The molecule has 3 aromatic rings. The second-order valence-corrected chi connectivity index (χ2v) is 5.79. The molecule has 0 spiro atoms. The maximum absolute atomic E-state index is 11.7. The Kier molecular flexibility index (Phi) is 3.35. The van der Waals surface area contributed by atoms with Gasteiger partial charge in [0.2, 0.25) is 0 Å². The molecule has 0 saturated heterocycles. The minimum atomic E-state index is -1.19. The Morgan fingerprint density at radius 2 is 2.10 bits per heavy atom. The van der Waals surface area contributed by atoms with Crippen molar-refractivity contribution in [1.29, 1.82) is 0 Å². The molecular formula is C16H13NO3S. The molecule has 3 rings (SSSR count). The van der Waals surface area contributed by atoms with E-state index in [-0.39, 0.29) is 5.56 Å². The number of benzene rings is 1. The van der Waals surface area contributed by atoms with Crippen molar-refractivity contribution in [3.05, 3.63) is 69.0 Å². The number of carbonyl (C=O) groups is 1. The van der Waals surface area contributed by atoms with Gasteiger partial charge < -0.3 is 9.67 Å². The highest BCUT2D eigenvalue weighted by atomic mass is 32.1. The standard InChI is InChI=1S/C16H13NO3S/c1-10-6-14(18)13(16(19)20)8-17(10)7-11-9-21-15-5-3-2-4-12(11)15/h2-6,8-9H,7H2,1H3,(H,19,20). The van der Waals surface area contributed by atoms with Gasteiger partial charge in [0.15, 0.2) is 5.43 Å². The first-order chi connectivity index (χ1) is 10.1. The number of thiophene rings is 1. The number of nitrogens with zero attached hydrogens (tertiary/aromatic N) is 1. The van der Waals surface area contributed by atoms with Gasteiger partial charge in [-0.1, -0.05) is 18.2 Å². The van der Waals surface area contributed by atoms with Crippen LogP contribution in [0.4, 0.5) is 0 Å². The van der Waals surface area contributed by atoms with Crippen LogP contribution in [0.3, 0.4) is 0 Å². The number of aromatic nitrogens is 1. The van der Waals surface area contributed by atoms with Crippen LogP contribution in [0, 0.1) is 6.92 Å². The molecule has 0 saturated carbocycles. The summed E-state index contributed by atoms with van der Waals surface area (Å²) < 4.78 is 3.00. The van der Waals surface area contributed by atoms with Crippen molar-refractivity contribution >= 4 is 27.4 Å². The smallest absolute Gasteiger partial charge is 0.341 e. The van der Waals surface area contributed by atoms with Crippen LogP contribution >= 0.6 is 11.3 Å². The van der Waals surface area contributed by atoms with Crippen molar-refractivity contribution in [2.75, 3.05) is 0 Å². The second kappa shape index (κ2) is 5.18. The Morgan fingerprint density at radius 1 is 1.33 bits per heavy atom. The Balaban J connectivity index is 2.07. The topological polar surface area (TPSA) is 59.3 Å². The summed E-state index contributed by atoms with van der Waals surface area (Å²) in [5.41, 5.74) is 1.23. The van der Waals surface area contributed by atoms with E-state index in [2.05, 4.69) is 17.5 Å². The molecule has 0 aliphatic rings. The number of fused-ring (bicyclic) bond motifs is 1. The number of aryl methyl sites for hydroxylation is 1. The largest absolute Gasteiger partial charge is 0.477 e. The van der Waals surface area contributed by atoms with Gasteiger partial charge >= 0.3 is 5.97 Å². The molecule has 0 unspecified atom stereocenters. The molecule has 2 aromatic heterocycles. The van der Waals surface area contributed by atoms with Crippen molar-refractivity contribution in [2.24, 2.45) is 0 Å².